The van der Waals surface area contributed by atoms with Gasteiger partial charge in [0.15, 0.2) is 5.65 Å². The van der Waals surface area contributed by atoms with Gasteiger partial charge in [0.05, 0.1) is 16.8 Å². The summed E-state index contributed by atoms with van der Waals surface area (Å²) in [5.74, 6) is 0. The molecule has 2 N–H and O–H groups in total. The zero-order valence-corrected chi connectivity index (χ0v) is 12.4. The van der Waals surface area contributed by atoms with Gasteiger partial charge in [-0.2, -0.15) is 0 Å². The molecular weight excluding hydrogens is 280 g/mol. The average molecular weight is 296 g/mol. The summed E-state index contributed by atoms with van der Waals surface area (Å²) in [6.45, 7) is 4.41. The van der Waals surface area contributed by atoms with E-state index in [0.717, 1.165) is 5.56 Å². The third-order valence-corrected chi connectivity index (χ3v) is 3.53. The summed E-state index contributed by atoms with van der Waals surface area (Å²) in [5, 5.41) is 13.7. The Kier molecular flexibility index (Phi) is 3.50. The largest absolute Gasteiger partial charge is 0.423 e. The molecule has 0 amide bonds. The molecule has 0 unspecified atom stereocenters. The number of pyridine rings is 1. The topological polar surface area (TPSA) is 80.0 Å². The zero-order valence-electron chi connectivity index (χ0n) is 12.4. The van der Waals surface area contributed by atoms with Crippen LogP contribution in [0.2, 0.25) is 0 Å². The van der Waals surface area contributed by atoms with Gasteiger partial charge in [-0.05, 0) is 19.4 Å². The monoisotopic (exact) mass is 296 g/mol. The van der Waals surface area contributed by atoms with Crippen LogP contribution in [-0.2, 0) is 6.54 Å². The lowest BCUT2D eigenvalue weighted by Gasteiger charge is -2.12. The van der Waals surface area contributed by atoms with Gasteiger partial charge >= 0.3 is 0 Å². The smallest absolute Gasteiger partial charge is 0.286 e. The van der Waals surface area contributed by atoms with Crippen molar-refractivity contribution in [2.24, 2.45) is 0 Å². The molecule has 0 saturated carbocycles. The first-order valence-corrected chi connectivity index (χ1v) is 6.92. The highest BCUT2D eigenvalue weighted by Crippen LogP contribution is 2.22. The molecule has 0 bridgehead atoms. The molecule has 0 atom stereocenters. The van der Waals surface area contributed by atoms with Gasteiger partial charge in [-0.1, -0.05) is 29.8 Å². The third-order valence-electron chi connectivity index (χ3n) is 3.53. The standard InChI is InChI=1S/C16H16N4O2/c1-10-4-3-5-12(6-10)8-17-13-7-14(21)20(22)16-15(13)11(2)18-9-19-16/h3-7,9,17,22H,8H2,1-2H3. The highest BCUT2D eigenvalue weighted by Gasteiger charge is 2.12. The molecule has 0 fully saturated rings. The number of hydrogen-bond acceptors (Lipinski definition) is 5. The van der Waals surface area contributed by atoms with E-state index in [1.165, 1.54) is 18.0 Å². The van der Waals surface area contributed by atoms with Gasteiger partial charge in [0.2, 0.25) is 0 Å². The van der Waals surface area contributed by atoms with E-state index in [-0.39, 0.29) is 5.65 Å². The Bertz CT molecular complexity index is 902. The molecule has 0 spiro atoms. The Hall–Kier alpha value is -2.89. The van der Waals surface area contributed by atoms with E-state index in [1.807, 2.05) is 32.0 Å². The van der Waals surface area contributed by atoms with E-state index >= 15 is 0 Å². The van der Waals surface area contributed by atoms with E-state index in [9.17, 15) is 10.0 Å². The van der Waals surface area contributed by atoms with Crippen LogP contribution in [0.25, 0.3) is 11.0 Å². The van der Waals surface area contributed by atoms with Crippen LogP contribution < -0.4 is 10.9 Å². The van der Waals surface area contributed by atoms with E-state index in [2.05, 4.69) is 21.4 Å². The molecular formula is C16H16N4O2. The van der Waals surface area contributed by atoms with Crippen molar-refractivity contribution in [3.63, 3.8) is 0 Å². The predicted molar refractivity (Wildman–Crippen MR) is 84.2 cm³/mol. The number of aryl methyl sites for hydroxylation is 2. The number of benzene rings is 1. The second-order valence-electron chi connectivity index (χ2n) is 5.21. The van der Waals surface area contributed by atoms with Gasteiger partial charge < -0.3 is 10.5 Å². The minimum absolute atomic E-state index is 0.201. The van der Waals surface area contributed by atoms with Crippen LogP contribution in [0.15, 0.2) is 41.5 Å². The van der Waals surface area contributed by atoms with Gasteiger partial charge in [-0.15, -0.1) is 4.73 Å². The Morgan fingerprint density at radius 3 is 2.82 bits per heavy atom. The van der Waals surface area contributed by atoms with Gasteiger partial charge in [0, 0.05) is 12.6 Å². The van der Waals surface area contributed by atoms with Crippen molar-refractivity contribution in [1.29, 1.82) is 0 Å². The van der Waals surface area contributed by atoms with E-state index in [4.69, 9.17) is 0 Å². The molecule has 0 aliphatic rings. The maximum absolute atomic E-state index is 11.8. The van der Waals surface area contributed by atoms with Crippen molar-refractivity contribution in [2.75, 3.05) is 5.32 Å². The van der Waals surface area contributed by atoms with Crippen molar-refractivity contribution < 1.29 is 5.21 Å². The van der Waals surface area contributed by atoms with Crippen LogP contribution in [0.1, 0.15) is 16.8 Å². The molecule has 2 heterocycles. The van der Waals surface area contributed by atoms with Crippen molar-refractivity contribution in [3.05, 3.63) is 63.8 Å². The maximum atomic E-state index is 11.8. The summed E-state index contributed by atoms with van der Waals surface area (Å²) in [4.78, 5) is 20.0. The molecule has 6 heteroatoms. The first-order valence-electron chi connectivity index (χ1n) is 6.92. The minimum Gasteiger partial charge on any atom is -0.423 e. The first-order chi connectivity index (χ1) is 10.6. The summed E-state index contributed by atoms with van der Waals surface area (Å²) in [5.41, 5.74) is 3.26. The van der Waals surface area contributed by atoms with Crippen LogP contribution in [0.3, 0.4) is 0 Å². The quantitative estimate of drug-likeness (QED) is 0.725. The van der Waals surface area contributed by atoms with Crippen molar-refractivity contribution in [3.8, 4) is 0 Å². The molecule has 3 aromatic rings. The van der Waals surface area contributed by atoms with Crippen LogP contribution in [0.5, 0.6) is 0 Å². The summed E-state index contributed by atoms with van der Waals surface area (Å²) in [7, 11) is 0. The molecule has 112 valence electrons. The van der Waals surface area contributed by atoms with Crippen molar-refractivity contribution in [2.45, 2.75) is 20.4 Å². The second-order valence-corrected chi connectivity index (χ2v) is 5.21. The summed E-state index contributed by atoms with van der Waals surface area (Å²) >= 11 is 0. The molecule has 22 heavy (non-hydrogen) atoms. The van der Waals surface area contributed by atoms with Gasteiger partial charge in [0.25, 0.3) is 5.56 Å². The fraction of sp³-hybridized carbons (Fsp3) is 0.188. The number of nitrogens with zero attached hydrogens (tertiary/aromatic N) is 3. The Balaban J connectivity index is 2.04. The lowest BCUT2D eigenvalue weighted by molar-refractivity contribution is 0.186. The molecule has 0 aliphatic heterocycles. The number of fused-ring (bicyclic) bond motifs is 1. The average Bonchev–Trinajstić information content (AvgIpc) is 2.50. The highest BCUT2D eigenvalue weighted by molar-refractivity contribution is 5.90. The summed E-state index contributed by atoms with van der Waals surface area (Å²) in [6, 6.07) is 9.47. The van der Waals surface area contributed by atoms with Gasteiger partial charge in [-0.25, -0.2) is 9.97 Å². The number of anilines is 1. The van der Waals surface area contributed by atoms with Crippen molar-refractivity contribution in [1.82, 2.24) is 14.7 Å². The molecule has 3 rings (SSSR count). The Morgan fingerprint density at radius 1 is 1.23 bits per heavy atom. The molecule has 0 radical (unpaired) electrons. The van der Waals surface area contributed by atoms with Gasteiger partial charge in [0.1, 0.15) is 6.33 Å². The van der Waals surface area contributed by atoms with Crippen LogP contribution in [0, 0.1) is 13.8 Å². The van der Waals surface area contributed by atoms with E-state index < -0.39 is 5.56 Å². The Morgan fingerprint density at radius 2 is 2.05 bits per heavy atom. The lowest BCUT2D eigenvalue weighted by atomic mass is 10.1. The molecule has 1 aromatic carbocycles. The number of aromatic nitrogens is 3. The maximum Gasteiger partial charge on any atom is 0.286 e. The van der Waals surface area contributed by atoms with Crippen molar-refractivity contribution >= 4 is 16.7 Å². The van der Waals surface area contributed by atoms with E-state index in [0.29, 0.717) is 28.0 Å². The molecule has 2 aromatic heterocycles. The Labute approximate surface area is 127 Å². The third kappa shape index (κ3) is 2.50. The number of nitrogens with one attached hydrogen (secondary N) is 1. The predicted octanol–water partition coefficient (Wildman–Crippen LogP) is 2.26. The van der Waals surface area contributed by atoms with Crippen LogP contribution in [0.4, 0.5) is 5.69 Å². The van der Waals surface area contributed by atoms with Gasteiger partial charge in [-0.3, -0.25) is 4.79 Å². The fourth-order valence-corrected chi connectivity index (χ4v) is 2.46. The SMILES string of the molecule is Cc1cccc(CNc2cc(=O)n(O)c3ncnc(C)c23)c1. The molecule has 6 nitrogen and oxygen atoms in total. The molecule has 0 saturated heterocycles. The zero-order chi connectivity index (χ0) is 15.7. The number of hydrogen-bond donors (Lipinski definition) is 2. The van der Waals surface area contributed by atoms with E-state index in [1.54, 1.807) is 0 Å². The highest BCUT2D eigenvalue weighted by atomic mass is 16.5. The van der Waals surface area contributed by atoms with Crippen LogP contribution in [-0.4, -0.2) is 19.9 Å². The fourth-order valence-electron chi connectivity index (χ4n) is 2.46. The van der Waals surface area contributed by atoms with Crippen LogP contribution >= 0.6 is 0 Å². The summed E-state index contributed by atoms with van der Waals surface area (Å²) in [6.07, 6.45) is 1.33. The lowest BCUT2D eigenvalue weighted by Crippen LogP contribution is -2.20. The minimum atomic E-state index is -0.530. The normalized spacial score (nSPS) is 10.8. The second kappa shape index (κ2) is 5.48. The molecule has 0 aliphatic carbocycles. The summed E-state index contributed by atoms with van der Waals surface area (Å²) < 4.78 is 0.544. The number of rotatable bonds is 3. The first kappa shape index (κ1) is 14.1.